The first kappa shape index (κ1) is 20.6. The molecule has 5 nitrogen and oxygen atoms in total. The number of benzene rings is 1. The topological polar surface area (TPSA) is 67.9 Å². The summed E-state index contributed by atoms with van der Waals surface area (Å²) in [6.07, 6.45) is 4.88. The van der Waals surface area contributed by atoms with Crippen LogP contribution in [0.1, 0.15) is 41.6 Å². The van der Waals surface area contributed by atoms with Gasteiger partial charge in [0, 0.05) is 18.5 Å². The maximum absolute atomic E-state index is 12.0. The lowest BCUT2D eigenvalue weighted by molar-refractivity contribution is -0.133. The molecule has 0 spiro atoms. The first-order chi connectivity index (χ1) is 14.1. The number of aryl methyl sites for hydroxylation is 1. The van der Waals surface area contributed by atoms with E-state index < -0.39 is 5.97 Å². The highest BCUT2D eigenvalue weighted by Gasteiger charge is 2.20. The molecule has 2 aromatic heterocycles. The number of hydrogen-bond donors (Lipinski definition) is 0. The number of esters is 1. The Balaban J connectivity index is 2.03. The molecule has 0 amide bonds. The maximum Gasteiger partial charge on any atom is 0.338 e. The van der Waals surface area contributed by atoms with Gasteiger partial charge in [-0.05, 0) is 35.6 Å². The van der Waals surface area contributed by atoms with Gasteiger partial charge in [0.25, 0.3) is 0 Å². The summed E-state index contributed by atoms with van der Waals surface area (Å²) in [6.45, 7) is 6.72. The Morgan fingerprint density at radius 3 is 2.72 bits per heavy atom. The first-order valence-corrected chi connectivity index (χ1v) is 10.4. The van der Waals surface area contributed by atoms with E-state index in [0.717, 1.165) is 46.8 Å². The first-order valence-electron chi connectivity index (χ1n) is 9.47. The number of nitrogens with zero attached hydrogens (tertiary/aromatic N) is 3. The van der Waals surface area contributed by atoms with Crippen LogP contribution in [0.2, 0.25) is 0 Å². The summed E-state index contributed by atoms with van der Waals surface area (Å²) in [4.78, 5) is 17.5. The minimum Gasteiger partial charge on any atom is -0.465 e. The predicted octanol–water partition coefficient (Wildman–Crippen LogP) is 5.06. The van der Waals surface area contributed by atoms with Crippen molar-refractivity contribution in [2.24, 2.45) is 0 Å². The molecule has 2 heterocycles. The second-order valence-corrected chi connectivity index (χ2v) is 7.61. The minimum atomic E-state index is -0.432. The van der Waals surface area contributed by atoms with E-state index in [9.17, 15) is 4.79 Å². The third kappa shape index (κ3) is 4.47. The molecule has 0 bridgehead atoms. The van der Waals surface area contributed by atoms with E-state index in [4.69, 9.17) is 10.00 Å². The standard InChI is InChI=1S/C23H23N3O2S/c1-4-5-6-21-25-14-20(19-11-12-29-22(19)16(2)23(27)28-3)26(21)15-18-9-7-17(13-24)8-10-18/h7-12,14H,2,4-6,15H2,1,3H3. The van der Waals surface area contributed by atoms with Crippen molar-refractivity contribution >= 4 is 22.9 Å². The van der Waals surface area contributed by atoms with Crippen LogP contribution in [0.4, 0.5) is 0 Å². The molecule has 0 aliphatic rings. The lowest BCUT2D eigenvalue weighted by atomic mass is 10.1. The third-order valence-corrected chi connectivity index (χ3v) is 5.74. The van der Waals surface area contributed by atoms with Crippen LogP contribution in [-0.4, -0.2) is 22.6 Å². The zero-order valence-corrected chi connectivity index (χ0v) is 17.5. The monoisotopic (exact) mass is 405 g/mol. The molecule has 0 fully saturated rings. The van der Waals surface area contributed by atoms with Crippen LogP contribution in [-0.2, 0) is 22.5 Å². The largest absolute Gasteiger partial charge is 0.465 e. The van der Waals surface area contributed by atoms with Gasteiger partial charge in [0.15, 0.2) is 0 Å². The van der Waals surface area contributed by atoms with Crippen LogP contribution < -0.4 is 0 Å². The third-order valence-electron chi connectivity index (χ3n) is 4.76. The van der Waals surface area contributed by atoms with Crippen molar-refractivity contribution in [3.8, 4) is 17.3 Å². The fraction of sp³-hybridized carbons (Fsp3) is 0.261. The van der Waals surface area contributed by atoms with Crippen LogP contribution in [0.25, 0.3) is 16.8 Å². The molecule has 3 aromatic rings. The Bertz CT molecular complexity index is 1050. The number of methoxy groups -OCH3 is 1. The number of rotatable bonds is 8. The maximum atomic E-state index is 12.0. The quantitative estimate of drug-likeness (QED) is 0.388. The van der Waals surface area contributed by atoms with Crippen LogP contribution in [0.15, 0.2) is 48.5 Å². The summed E-state index contributed by atoms with van der Waals surface area (Å²) >= 11 is 1.47. The number of carbonyl (C=O) groups is 1. The molecule has 0 atom stereocenters. The summed E-state index contributed by atoms with van der Waals surface area (Å²) in [7, 11) is 1.36. The van der Waals surface area contributed by atoms with Crippen LogP contribution in [0.5, 0.6) is 0 Å². The van der Waals surface area contributed by atoms with E-state index in [0.29, 0.717) is 17.7 Å². The predicted molar refractivity (Wildman–Crippen MR) is 115 cm³/mol. The number of nitriles is 1. The number of carbonyl (C=O) groups excluding carboxylic acids is 1. The van der Waals surface area contributed by atoms with E-state index in [1.807, 2.05) is 41.9 Å². The highest BCUT2D eigenvalue weighted by atomic mass is 32.1. The van der Waals surface area contributed by atoms with E-state index in [-0.39, 0.29) is 0 Å². The Morgan fingerprint density at radius 2 is 2.07 bits per heavy atom. The molecule has 0 aliphatic carbocycles. The molecular weight excluding hydrogens is 382 g/mol. The summed E-state index contributed by atoms with van der Waals surface area (Å²) in [5.41, 5.74) is 3.94. The van der Waals surface area contributed by atoms with Crippen molar-refractivity contribution in [3.05, 3.63) is 70.3 Å². The minimum absolute atomic E-state index is 0.346. The molecular formula is C23H23N3O2S. The van der Waals surface area contributed by atoms with Gasteiger partial charge in [0.1, 0.15) is 5.82 Å². The number of ether oxygens (including phenoxy) is 1. The zero-order chi connectivity index (χ0) is 20.8. The van der Waals surface area contributed by atoms with E-state index in [1.54, 1.807) is 0 Å². The molecule has 0 aliphatic heterocycles. The van der Waals surface area contributed by atoms with Gasteiger partial charge >= 0.3 is 5.97 Å². The van der Waals surface area contributed by atoms with Gasteiger partial charge in [-0.1, -0.05) is 32.1 Å². The molecule has 3 rings (SSSR count). The van der Waals surface area contributed by atoms with Crippen molar-refractivity contribution in [2.75, 3.05) is 7.11 Å². The number of imidazole rings is 1. The molecule has 0 saturated carbocycles. The normalized spacial score (nSPS) is 10.5. The second-order valence-electron chi connectivity index (χ2n) is 6.69. The van der Waals surface area contributed by atoms with Crippen LogP contribution in [0, 0.1) is 11.3 Å². The van der Waals surface area contributed by atoms with Crippen LogP contribution in [0.3, 0.4) is 0 Å². The lowest BCUT2D eigenvalue weighted by Crippen LogP contribution is -2.08. The van der Waals surface area contributed by atoms with Crippen molar-refractivity contribution < 1.29 is 9.53 Å². The van der Waals surface area contributed by atoms with Gasteiger partial charge in [-0.2, -0.15) is 5.26 Å². The lowest BCUT2D eigenvalue weighted by Gasteiger charge is -2.13. The average Bonchev–Trinajstić information content (AvgIpc) is 3.38. The van der Waals surface area contributed by atoms with E-state index in [1.165, 1.54) is 18.4 Å². The van der Waals surface area contributed by atoms with Crippen molar-refractivity contribution in [3.63, 3.8) is 0 Å². The fourth-order valence-electron chi connectivity index (χ4n) is 3.17. The molecule has 0 unspecified atom stereocenters. The Morgan fingerprint density at radius 1 is 1.31 bits per heavy atom. The molecule has 1 aromatic carbocycles. The number of unbranched alkanes of at least 4 members (excludes halogenated alkanes) is 1. The highest BCUT2D eigenvalue weighted by Crippen LogP contribution is 2.34. The molecule has 6 heteroatoms. The van der Waals surface area contributed by atoms with E-state index in [2.05, 4.69) is 29.1 Å². The van der Waals surface area contributed by atoms with Crippen molar-refractivity contribution in [1.29, 1.82) is 5.26 Å². The highest BCUT2D eigenvalue weighted by molar-refractivity contribution is 7.12. The van der Waals surface area contributed by atoms with Crippen LogP contribution >= 0.6 is 11.3 Å². The number of aromatic nitrogens is 2. The smallest absolute Gasteiger partial charge is 0.338 e. The summed E-state index contributed by atoms with van der Waals surface area (Å²) < 4.78 is 7.04. The van der Waals surface area contributed by atoms with Gasteiger partial charge in [0.05, 0.1) is 41.1 Å². The Labute approximate surface area is 174 Å². The second kappa shape index (κ2) is 9.35. The van der Waals surface area contributed by atoms with Gasteiger partial charge in [-0.15, -0.1) is 11.3 Å². The SMILES string of the molecule is C=C(C(=O)OC)c1sccc1-c1cnc(CCCC)n1Cc1ccc(C#N)cc1. The van der Waals surface area contributed by atoms with Crippen molar-refractivity contribution in [2.45, 2.75) is 32.7 Å². The van der Waals surface area contributed by atoms with Gasteiger partial charge in [-0.25, -0.2) is 9.78 Å². The van der Waals surface area contributed by atoms with E-state index >= 15 is 0 Å². The summed E-state index contributed by atoms with van der Waals surface area (Å²) in [5, 5.41) is 11.0. The average molecular weight is 406 g/mol. The van der Waals surface area contributed by atoms with Crippen molar-refractivity contribution in [1.82, 2.24) is 9.55 Å². The van der Waals surface area contributed by atoms with Gasteiger partial charge in [0.2, 0.25) is 0 Å². The Kier molecular flexibility index (Phi) is 6.63. The summed E-state index contributed by atoms with van der Waals surface area (Å²) in [6, 6.07) is 11.7. The number of thiophene rings is 1. The molecule has 0 saturated heterocycles. The fourth-order valence-corrected chi connectivity index (χ4v) is 4.03. The summed E-state index contributed by atoms with van der Waals surface area (Å²) in [5.74, 6) is 0.574. The Hall–Kier alpha value is -3.17. The van der Waals surface area contributed by atoms with Gasteiger partial charge in [-0.3, -0.25) is 0 Å². The molecule has 148 valence electrons. The van der Waals surface area contributed by atoms with Gasteiger partial charge < -0.3 is 9.30 Å². The molecule has 0 N–H and O–H groups in total. The zero-order valence-electron chi connectivity index (χ0n) is 16.6. The molecule has 0 radical (unpaired) electrons. The number of hydrogen-bond acceptors (Lipinski definition) is 5. The molecule has 29 heavy (non-hydrogen) atoms.